The van der Waals surface area contributed by atoms with E-state index in [0.717, 1.165) is 26.1 Å². The summed E-state index contributed by atoms with van der Waals surface area (Å²) in [6.45, 7) is 7.67. The summed E-state index contributed by atoms with van der Waals surface area (Å²) in [5.74, 6) is 1.37. The van der Waals surface area contributed by atoms with E-state index in [4.69, 9.17) is 0 Å². The third-order valence-corrected chi connectivity index (χ3v) is 5.35. The zero-order valence-electron chi connectivity index (χ0n) is 11.4. The monoisotopic (exact) mass is 272 g/mol. The molecule has 0 bridgehead atoms. The highest BCUT2D eigenvalue weighted by molar-refractivity contribution is 5.85. The summed E-state index contributed by atoms with van der Waals surface area (Å²) in [7, 11) is 0. The van der Waals surface area contributed by atoms with E-state index < -0.39 is 0 Å². The highest BCUT2D eigenvalue weighted by atomic mass is 35.5. The van der Waals surface area contributed by atoms with Gasteiger partial charge in [0.1, 0.15) is 0 Å². The summed E-state index contributed by atoms with van der Waals surface area (Å²) in [5, 5.41) is 6.55. The molecule has 0 aromatic heterocycles. The fraction of sp³-hybridized carbons (Fsp3) is 0.929. The lowest BCUT2D eigenvalue weighted by molar-refractivity contribution is -0.123. The first-order valence-electron chi connectivity index (χ1n) is 7.02. The van der Waals surface area contributed by atoms with E-state index in [1.54, 1.807) is 0 Å². The van der Waals surface area contributed by atoms with Crippen LogP contribution >= 0.6 is 12.4 Å². The highest BCUT2D eigenvalue weighted by Crippen LogP contribution is 2.58. The van der Waals surface area contributed by atoms with Crippen LogP contribution in [0.25, 0.3) is 0 Å². The molecule has 0 aromatic rings. The van der Waals surface area contributed by atoms with Gasteiger partial charge in [0, 0.05) is 12.5 Å². The van der Waals surface area contributed by atoms with Crippen molar-refractivity contribution in [3.05, 3.63) is 0 Å². The number of hydrogen-bond donors (Lipinski definition) is 2. The molecule has 1 heterocycles. The molecule has 18 heavy (non-hydrogen) atoms. The minimum atomic E-state index is 0. The van der Waals surface area contributed by atoms with Crippen molar-refractivity contribution >= 4 is 18.3 Å². The average molecular weight is 273 g/mol. The molecule has 3 nitrogen and oxygen atoms in total. The second-order valence-corrected chi connectivity index (χ2v) is 7.00. The lowest BCUT2D eigenvalue weighted by Crippen LogP contribution is -2.34. The van der Waals surface area contributed by atoms with Crippen LogP contribution in [0.1, 0.15) is 39.5 Å². The molecule has 2 saturated carbocycles. The summed E-state index contributed by atoms with van der Waals surface area (Å²) < 4.78 is 0. The quantitative estimate of drug-likeness (QED) is 0.825. The standard InChI is InChI=1S/C14H24N2O.ClH/c1-13(2)7-10(13)9-16-12(17)11-8-14(11)3-5-15-6-4-14;/h10-11,15H,3-9H2,1-2H3,(H,16,17);1H. The maximum atomic E-state index is 12.1. The van der Waals surface area contributed by atoms with Gasteiger partial charge in [-0.2, -0.15) is 0 Å². The first kappa shape index (κ1) is 14.1. The zero-order chi connectivity index (χ0) is 12.1. The van der Waals surface area contributed by atoms with Crippen molar-refractivity contribution in [2.75, 3.05) is 19.6 Å². The molecule has 0 aromatic carbocycles. The van der Waals surface area contributed by atoms with Crippen LogP contribution in [0.5, 0.6) is 0 Å². The van der Waals surface area contributed by atoms with Gasteiger partial charge in [0.2, 0.25) is 5.91 Å². The fourth-order valence-electron chi connectivity index (χ4n) is 3.47. The molecule has 2 unspecified atom stereocenters. The average Bonchev–Trinajstić information content (AvgIpc) is 3.14. The van der Waals surface area contributed by atoms with Gasteiger partial charge >= 0.3 is 0 Å². The Labute approximate surface area is 116 Å². The van der Waals surface area contributed by atoms with E-state index in [2.05, 4.69) is 24.5 Å². The molecule has 4 heteroatoms. The largest absolute Gasteiger partial charge is 0.356 e. The van der Waals surface area contributed by atoms with Crippen LogP contribution in [0.4, 0.5) is 0 Å². The minimum Gasteiger partial charge on any atom is -0.356 e. The van der Waals surface area contributed by atoms with Gasteiger partial charge in [0.05, 0.1) is 0 Å². The maximum Gasteiger partial charge on any atom is 0.223 e. The Bertz CT molecular complexity index is 337. The fourth-order valence-corrected chi connectivity index (χ4v) is 3.47. The van der Waals surface area contributed by atoms with Crippen molar-refractivity contribution in [3.63, 3.8) is 0 Å². The molecule has 2 aliphatic carbocycles. The molecular formula is C14H25ClN2O. The molecule has 1 saturated heterocycles. The van der Waals surface area contributed by atoms with Crippen LogP contribution in [0, 0.1) is 22.7 Å². The summed E-state index contributed by atoms with van der Waals surface area (Å²) in [6, 6.07) is 0. The van der Waals surface area contributed by atoms with Crippen LogP contribution in [0.3, 0.4) is 0 Å². The van der Waals surface area contributed by atoms with Gasteiger partial charge in [0.25, 0.3) is 0 Å². The molecule has 3 rings (SSSR count). The normalized spacial score (nSPS) is 34.6. The zero-order valence-corrected chi connectivity index (χ0v) is 12.2. The van der Waals surface area contributed by atoms with Crippen LogP contribution in [-0.2, 0) is 4.79 Å². The Morgan fingerprint density at radius 2 is 1.89 bits per heavy atom. The van der Waals surface area contributed by atoms with Gasteiger partial charge < -0.3 is 10.6 Å². The highest BCUT2D eigenvalue weighted by Gasteiger charge is 2.57. The van der Waals surface area contributed by atoms with Crippen molar-refractivity contribution in [2.24, 2.45) is 22.7 Å². The maximum absolute atomic E-state index is 12.1. The van der Waals surface area contributed by atoms with Crippen molar-refractivity contribution < 1.29 is 4.79 Å². The van der Waals surface area contributed by atoms with E-state index in [-0.39, 0.29) is 12.4 Å². The van der Waals surface area contributed by atoms with E-state index in [1.165, 1.54) is 19.3 Å². The predicted octanol–water partition coefficient (Wildman–Crippen LogP) is 1.96. The Kier molecular flexibility index (Phi) is 3.67. The summed E-state index contributed by atoms with van der Waals surface area (Å²) in [6.07, 6.45) is 4.79. The van der Waals surface area contributed by atoms with Gasteiger partial charge in [-0.25, -0.2) is 0 Å². The third kappa shape index (κ3) is 2.53. The lowest BCUT2D eigenvalue weighted by Gasteiger charge is -2.23. The number of piperidine rings is 1. The molecular weight excluding hydrogens is 248 g/mol. The molecule has 2 atom stereocenters. The Balaban J connectivity index is 0.00000120. The Hall–Kier alpha value is -0.280. The molecule has 0 radical (unpaired) electrons. The Morgan fingerprint density at radius 3 is 2.44 bits per heavy atom. The first-order chi connectivity index (χ1) is 8.04. The number of rotatable bonds is 3. The van der Waals surface area contributed by atoms with E-state index in [0.29, 0.717) is 28.6 Å². The number of carbonyl (C=O) groups excluding carboxylic acids is 1. The molecule has 1 spiro atoms. The molecule has 104 valence electrons. The van der Waals surface area contributed by atoms with Gasteiger partial charge in [-0.05, 0) is 55.5 Å². The van der Waals surface area contributed by atoms with Gasteiger partial charge in [-0.3, -0.25) is 4.79 Å². The smallest absolute Gasteiger partial charge is 0.223 e. The number of amides is 1. The van der Waals surface area contributed by atoms with Crippen molar-refractivity contribution in [3.8, 4) is 0 Å². The summed E-state index contributed by atoms with van der Waals surface area (Å²) >= 11 is 0. The topological polar surface area (TPSA) is 41.1 Å². The number of hydrogen-bond acceptors (Lipinski definition) is 2. The number of nitrogens with one attached hydrogen (secondary N) is 2. The van der Waals surface area contributed by atoms with E-state index in [1.807, 2.05) is 0 Å². The second kappa shape index (κ2) is 4.68. The van der Waals surface area contributed by atoms with E-state index >= 15 is 0 Å². The summed E-state index contributed by atoms with van der Waals surface area (Å²) in [5.41, 5.74) is 0.859. The van der Waals surface area contributed by atoms with Crippen molar-refractivity contribution in [1.82, 2.24) is 10.6 Å². The molecule has 2 N–H and O–H groups in total. The van der Waals surface area contributed by atoms with Gasteiger partial charge in [0.15, 0.2) is 0 Å². The minimum absolute atomic E-state index is 0. The first-order valence-corrected chi connectivity index (χ1v) is 7.02. The van der Waals surface area contributed by atoms with Gasteiger partial charge in [-0.1, -0.05) is 13.8 Å². The van der Waals surface area contributed by atoms with Crippen molar-refractivity contribution in [1.29, 1.82) is 0 Å². The Morgan fingerprint density at radius 1 is 1.28 bits per heavy atom. The lowest BCUT2D eigenvalue weighted by atomic mass is 9.92. The van der Waals surface area contributed by atoms with Crippen LogP contribution < -0.4 is 10.6 Å². The summed E-state index contributed by atoms with van der Waals surface area (Å²) in [4.78, 5) is 12.1. The number of carbonyl (C=O) groups is 1. The van der Waals surface area contributed by atoms with Gasteiger partial charge in [-0.15, -0.1) is 12.4 Å². The SMILES string of the molecule is CC1(C)CC1CNC(=O)C1CC12CCNCC2.Cl. The molecule has 3 aliphatic rings. The van der Waals surface area contributed by atoms with Crippen LogP contribution in [-0.4, -0.2) is 25.5 Å². The molecule has 3 fully saturated rings. The molecule has 1 amide bonds. The third-order valence-electron chi connectivity index (χ3n) is 5.35. The van der Waals surface area contributed by atoms with Crippen LogP contribution in [0.2, 0.25) is 0 Å². The van der Waals surface area contributed by atoms with Crippen LogP contribution in [0.15, 0.2) is 0 Å². The second-order valence-electron chi connectivity index (χ2n) is 7.00. The van der Waals surface area contributed by atoms with E-state index in [9.17, 15) is 4.79 Å². The van der Waals surface area contributed by atoms with Crippen molar-refractivity contribution in [2.45, 2.75) is 39.5 Å². The predicted molar refractivity (Wildman–Crippen MR) is 74.8 cm³/mol. The molecule has 1 aliphatic heterocycles. The number of halogens is 1.